The summed E-state index contributed by atoms with van der Waals surface area (Å²) >= 11 is 0. The third kappa shape index (κ3) is 12.4. The van der Waals surface area contributed by atoms with Crippen molar-refractivity contribution in [2.75, 3.05) is 13.2 Å². The maximum absolute atomic E-state index is 4.60. The Morgan fingerprint density at radius 3 is 1.67 bits per heavy atom. The first-order chi connectivity index (χ1) is 3.50. The van der Waals surface area contributed by atoms with Gasteiger partial charge in [0.15, 0.2) is 0 Å². The van der Waals surface area contributed by atoms with Gasteiger partial charge in [-0.1, -0.05) is 6.79 Å². The van der Waals surface area contributed by atoms with E-state index in [0.29, 0.717) is 0 Å². The molecule has 0 atom stereocenters. The van der Waals surface area contributed by atoms with Crippen LogP contribution in [0.1, 0.15) is 6.92 Å². The summed E-state index contributed by atoms with van der Waals surface area (Å²) in [7, 11) is 0. The number of rotatable bonds is 0. The standard InChI is InChI=1S/C3H5O2.C2H5.BrH.Mg/c1-2-5-3-4-1;1-2;;/h3H,1-2H2;1H2,2H3;1H;/q2*-1;;+2. The zero-order valence-corrected chi connectivity index (χ0v) is 8.76. The Morgan fingerprint density at radius 1 is 1.22 bits per heavy atom. The van der Waals surface area contributed by atoms with Gasteiger partial charge in [0.2, 0.25) is 0 Å². The molecule has 52 valence electrons. The summed E-state index contributed by atoms with van der Waals surface area (Å²) in [6.45, 7) is 7.81. The molecular formula is C5H11BrMgO2. The van der Waals surface area contributed by atoms with Crippen LogP contribution >= 0.6 is 17.0 Å². The number of halogens is 1. The van der Waals surface area contributed by atoms with Crippen LogP contribution in [0.25, 0.3) is 0 Å². The molecule has 0 unspecified atom stereocenters. The second-order valence-electron chi connectivity index (χ2n) is 0.838. The van der Waals surface area contributed by atoms with E-state index in [1.54, 1.807) is 6.92 Å². The van der Waals surface area contributed by atoms with Gasteiger partial charge in [0.1, 0.15) is 0 Å². The SMILES string of the molecule is Br.[CH-]1OCCO1.[CH2-]C.[Mg+2]. The topological polar surface area (TPSA) is 18.5 Å². The van der Waals surface area contributed by atoms with Crippen molar-refractivity contribution < 1.29 is 9.47 Å². The first-order valence-corrected chi connectivity index (χ1v) is 2.26. The van der Waals surface area contributed by atoms with Crippen molar-refractivity contribution in [3.8, 4) is 0 Å². The van der Waals surface area contributed by atoms with Crippen molar-refractivity contribution in [2.45, 2.75) is 6.92 Å². The first kappa shape index (κ1) is 16.6. The summed E-state index contributed by atoms with van der Waals surface area (Å²) in [6.07, 6.45) is 0. The van der Waals surface area contributed by atoms with Gasteiger partial charge in [0.25, 0.3) is 0 Å². The van der Waals surface area contributed by atoms with Gasteiger partial charge < -0.3 is 16.4 Å². The van der Waals surface area contributed by atoms with Crippen LogP contribution in [-0.2, 0) is 9.47 Å². The Kier molecular flexibility index (Phi) is 29.7. The molecular weight excluding hydrogens is 196 g/mol. The van der Waals surface area contributed by atoms with Gasteiger partial charge in [-0.2, -0.15) is 6.92 Å². The maximum Gasteiger partial charge on any atom is 2.00 e. The molecule has 0 amide bonds. The minimum atomic E-state index is 0. The van der Waals surface area contributed by atoms with Crippen molar-refractivity contribution in [3.05, 3.63) is 13.7 Å². The fourth-order valence-electron chi connectivity index (χ4n) is 0.241. The normalized spacial score (nSPS) is 14.0. The van der Waals surface area contributed by atoms with Gasteiger partial charge in [0, 0.05) is 13.2 Å². The summed E-state index contributed by atoms with van der Waals surface area (Å²) in [6, 6.07) is 0. The average molecular weight is 207 g/mol. The van der Waals surface area contributed by atoms with Crippen LogP contribution in [0.15, 0.2) is 0 Å². The van der Waals surface area contributed by atoms with Crippen LogP contribution in [-0.4, -0.2) is 36.3 Å². The van der Waals surface area contributed by atoms with Crippen LogP contribution in [0.4, 0.5) is 0 Å². The molecule has 0 aromatic carbocycles. The Labute approximate surface area is 83.2 Å². The Hall–Kier alpha value is 1.17. The molecule has 1 aliphatic heterocycles. The van der Waals surface area contributed by atoms with Gasteiger partial charge in [-0.3, -0.25) is 0 Å². The van der Waals surface area contributed by atoms with E-state index in [1.165, 1.54) is 6.79 Å². The zero-order valence-electron chi connectivity index (χ0n) is 5.63. The summed E-state index contributed by atoms with van der Waals surface area (Å²) in [5.41, 5.74) is 0. The van der Waals surface area contributed by atoms with Crippen LogP contribution in [0.3, 0.4) is 0 Å². The molecule has 0 aromatic heterocycles. The third-order valence-corrected chi connectivity index (χ3v) is 0.455. The van der Waals surface area contributed by atoms with Gasteiger partial charge in [0.05, 0.1) is 0 Å². The van der Waals surface area contributed by atoms with Crippen molar-refractivity contribution in [1.29, 1.82) is 0 Å². The summed E-state index contributed by atoms with van der Waals surface area (Å²) < 4.78 is 9.19. The quantitative estimate of drug-likeness (QED) is 0.439. The molecule has 1 saturated heterocycles. The molecule has 0 aliphatic carbocycles. The Bertz CT molecular complexity index is 26.5. The second-order valence-corrected chi connectivity index (χ2v) is 0.838. The number of hydrogen-bond acceptors (Lipinski definition) is 2. The van der Waals surface area contributed by atoms with Crippen LogP contribution in [0.2, 0.25) is 0 Å². The van der Waals surface area contributed by atoms with E-state index < -0.39 is 0 Å². The Morgan fingerprint density at radius 2 is 1.56 bits per heavy atom. The van der Waals surface area contributed by atoms with Gasteiger partial charge >= 0.3 is 23.1 Å². The number of hydrogen-bond donors (Lipinski definition) is 0. The van der Waals surface area contributed by atoms with Crippen molar-refractivity contribution in [3.63, 3.8) is 0 Å². The molecule has 0 radical (unpaired) electrons. The molecule has 1 fully saturated rings. The van der Waals surface area contributed by atoms with Gasteiger partial charge in [-0.05, 0) is 0 Å². The number of ether oxygens (including phenoxy) is 2. The predicted molar refractivity (Wildman–Crippen MR) is 43.3 cm³/mol. The van der Waals surface area contributed by atoms with E-state index in [0.717, 1.165) is 13.2 Å². The molecule has 0 aromatic rings. The van der Waals surface area contributed by atoms with E-state index in [4.69, 9.17) is 0 Å². The zero-order chi connectivity index (χ0) is 5.54. The molecule has 0 bridgehead atoms. The van der Waals surface area contributed by atoms with Crippen molar-refractivity contribution in [2.24, 2.45) is 0 Å². The second kappa shape index (κ2) is 16.1. The molecule has 1 heterocycles. The minimum absolute atomic E-state index is 0. The minimum Gasteiger partial charge on any atom is -0.523 e. The van der Waals surface area contributed by atoms with Crippen molar-refractivity contribution in [1.82, 2.24) is 0 Å². The fraction of sp³-hybridized carbons (Fsp3) is 0.600. The fourth-order valence-corrected chi connectivity index (χ4v) is 0.241. The molecule has 2 nitrogen and oxygen atoms in total. The van der Waals surface area contributed by atoms with Crippen molar-refractivity contribution >= 4 is 40.0 Å². The molecule has 0 spiro atoms. The molecule has 1 rings (SSSR count). The van der Waals surface area contributed by atoms with E-state index in [-0.39, 0.29) is 40.0 Å². The van der Waals surface area contributed by atoms with Crippen LogP contribution < -0.4 is 0 Å². The smallest absolute Gasteiger partial charge is 0.523 e. The third-order valence-electron chi connectivity index (χ3n) is 0.455. The largest absolute Gasteiger partial charge is 2.00 e. The first-order valence-electron chi connectivity index (χ1n) is 2.26. The summed E-state index contributed by atoms with van der Waals surface area (Å²) in [5, 5.41) is 0. The maximum atomic E-state index is 4.60. The molecule has 0 N–H and O–H groups in total. The van der Waals surface area contributed by atoms with E-state index >= 15 is 0 Å². The molecule has 1 aliphatic rings. The monoisotopic (exact) mass is 206 g/mol. The van der Waals surface area contributed by atoms with E-state index in [1.807, 2.05) is 0 Å². The van der Waals surface area contributed by atoms with E-state index in [2.05, 4.69) is 16.4 Å². The summed E-state index contributed by atoms with van der Waals surface area (Å²) in [4.78, 5) is 0. The van der Waals surface area contributed by atoms with E-state index in [9.17, 15) is 0 Å². The molecule has 9 heavy (non-hydrogen) atoms. The predicted octanol–water partition coefficient (Wildman–Crippen LogP) is 1.19. The molecule has 0 saturated carbocycles. The van der Waals surface area contributed by atoms with Gasteiger partial charge in [-0.25, -0.2) is 0 Å². The molecule has 4 heteroatoms. The van der Waals surface area contributed by atoms with Crippen LogP contribution in [0, 0.1) is 13.7 Å². The van der Waals surface area contributed by atoms with Gasteiger partial charge in [-0.15, -0.1) is 17.0 Å². The summed E-state index contributed by atoms with van der Waals surface area (Å²) in [5.74, 6) is 0. The van der Waals surface area contributed by atoms with Crippen LogP contribution in [0.5, 0.6) is 0 Å². The Balaban J connectivity index is -0.0000000836. The average Bonchev–Trinajstić information content (AvgIpc) is 2.23.